The van der Waals surface area contributed by atoms with E-state index in [-0.39, 0.29) is 0 Å². The highest BCUT2D eigenvalue weighted by Gasteiger charge is 2.20. The Hall–Kier alpha value is -1.02. The summed E-state index contributed by atoms with van der Waals surface area (Å²) in [6, 6.07) is 9.07. The lowest BCUT2D eigenvalue weighted by Crippen LogP contribution is -2.39. The van der Waals surface area contributed by atoms with Crippen molar-refractivity contribution in [2.45, 2.75) is 58.4 Å². The molecule has 20 heavy (non-hydrogen) atoms. The van der Waals surface area contributed by atoms with Crippen molar-refractivity contribution in [3.8, 4) is 5.75 Å². The molecule has 1 aromatic carbocycles. The molecule has 2 nitrogen and oxygen atoms in total. The summed E-state index contributed by atoms with van der Waals surface area (Å²) in [6.45, 7) is 8.49. The Morgan fingerprint density at radius 1 is 1.20 bits per heavy atom. The fraction of sp³-hybridized carbons (Fsp3) is 0.667. The molecule has 0 aliphatic heterocycles. The summed E-state index contributed by atoms with van der Waals surface area (Å²) in [7, 11) is 0. The second-order valence-electron chi connectivity index (χ2n) is 6.36. The van der Waals surface area contributed by atoms with E-state index in [1.54, 1.807) is 0 Å². The van der Waals surface area contributed by atoms with Gasteiger partial charge >= 0.3 is 0 Å². The molecule has 2 heteroatoms. The van der Waals surface area contributed by atoms with E-state index < -0.39 is 0 Å². The van der Waals surface area contributed by atoms with Gasteiger partial charge in [0, 0.05) is 12.6 Å². The van der Waals surface area contributed by atoms with Gasteiger partial charge in [-0.15, -0.1) is 0 Å². The van der Waals surface area contributed by atoms with Crippen LogP contribution in [-0.4, -0.2) is 19.2 Å². The number of nitrogens with one attached hydrogen (secondary N) is 1. The monoisotopic (exact) mass is 275 g/mol. The molecule has 0 amide bonds. The highest BCUT2D eigenvalue weighted by molar-refractivity contribution is 5.35. The number of rotatable bonds is 6. The Bertz CT molecular complexity index is 402. The molecule has 0 aromatic heterocycles. The van der Waals surface area contributed by atoms with Crippen LogP contribution >= 0.6 is 0 Å². The smallest absolute Gasteiger partial charge is 0.122 e. The summed E-state index contributed by atoms with van der Waals surface area (Å²) in [5, 5.41) is 3.67. The quantitative estimate of drug-likeness (QED) is 0.779. The molecule has 2 unspecified atom stereocenters. The van der Waals surface area contributed by atoms with Gasteiger partial charge in [-0.2, -0.15) is 0 Å². The first-order valence-corrected chi connectivity index (χ1v) is 8.13. The minimum Gasteiger partial charge on any atom is -0.492 e. The van der Waals surface area contributed by atoms with Crippen molar-refractivity contribution in [1.82, 2.24) is 5.32 Å². The Kier molecular flexibility index (Phi) is 5.90. The number of hydrogen-bond acceptors (Lipinski definition) is 2. The molecule has 2 atom stereocenters. The Morgan fingerprint density at radius 3 is 2.70 bits per heavy atom. The Balaban J connectivity index is 1.76. The van der Waals surface area contributed by atoms with Crippen LogP contribution in [0.3, 0.4) is 0 Å². The van der Waals surface area contributed by atoms with Gasteiger partial charge in [-0.05, 0) is 36.3 Å². The second kappa shape index (κ2) is 7.68. The normalized spacial score (nSPS) is 23.0. The fourth-order valence-corrected chi connectivity index (χ4v) is 3.11. The van der Waals surface area contributed by atoms with Crippen LogP contribution in [0.5, 0.6) is 5.75 Å². The lowest BCUT2D eigenvalue weighted by Gasteiger charge is -2.29. The van der Waals surface area contributed by atoms with Crippen LogP contribution in [0.25, 0.3) is 0 Å². The first-order chi connectivity index (χ1) is 9.68. The molecule has 1 aliphatic rings. The third-order valence-electron chi connectivity index (χ3n) is 4.42. The van der Waals surface area contributed by atoms with Crippen LogP contribution in [0.4, 0.5) is 0 Å². The van der Waals surface area contributed by atoms with Gasteiger partial charge in [0.25, 0.3) is 0 Å². The van der Waals surface area contributed by atoms with Crippen LogP contribution in [0.1, 0.15) is 57.9 Å². The van der Waals surface area contributed by atoms with Crippen molar-refractivity contribution >= 4 is 0 Å². The molecule has 0 saturated heterocycles. The average Bonchev–Trinajstić information content (AvgIpc) is 2.45. The van der Waals surface area contributed by atoms with Crippen molar-refractivity contribution < 1.29 is 4.74 Å². The summed E-state index contributed by atoms with van der Waals surface area (Å²) in [4.78, 5) is 0. The molecular formula is C18H29NO. The van der Waals surface area contributed by atoms with E-state index >= 15 is 0 Å². The maximum absolute atomic E-state index is 5.96. The highest BCUT2D eigenvalue weighted by Crippen LogP contribution is 2.26. The van der Waals surface area contributed by atoms with Crippen molar-refractivity contribution in [3.63, 3.8) is 0 Å². The van der Waals surface area contributed by atoms with Gasteiger partial charge in [0.2, 0.25) is 0 Å². The number of benzene rings is 1. The molecule has 0 heterocycles. The fourth-order valence-electron chi connectivity index (χ4n) is 3.11. The van der Waals surface area contributed by atoms with Crippen LogP contribution in [0.15, 0.2) is 24.3 Å². The first-order valence-electron chi connectivity index (χ1n) is 8.13. The highest BCUT2D eigenvalue weighted by atomic mass is 16.5. The zero-order chi connectivity index (χ0) is 14.4. The van der Waals surface area contributed by atoms with Crippen molar-refractivity contribution in [2.24, 2.45) is 5.92 Å². The summed E-state index contributed by atoms with van der Waals surface area (Å²) in [5.74, 6) is 2.37. The lowest BCUT2D eigenvalue weighted by atomic mass is 9.86. The predicted octanol–water partition coefficient (Wildman–Crippen LogP) is 4.36. The number of hydrogen-bond donors (Lipinski definition) is 1. The molecule has 1 fully saturated rings. The molecule has 0 spiro atoms. The lowest BCUT2D eigenvalue weighted by molar-refractivity contribution is 0.250. The van der Waals surface area contributed by atoms with E-state index in [4.69, 9.17) is 4.74 Å². The molecule has 1 aromatic rings. The van der Waals surface area contributed by atoms with E-state index in [0.29, 0.717) is 12.0 Å². The number of ether oxygens (including phenoxy) is 1. The molecule has 2 rings (SSSR count). The van der Waals surface area contributed by atoms with E-state index in [1.165, 1.54) is 31.2 Å². The topological polar surface area (TPSA) is 21.3 Å². The SMILES string of the molecule is CC(C)c1ccccc1OCCNC1CCCCC1C. The van der Waals surface area contributed by atoms with E-state index in [2.05, 4.69) is 50.4 Å². The molecule has 0 radical (unpaired) electrons. The van der Waals surface area contributed by atoms with Crippen LogP contribution in [0.2, 0.25) is 0 Å². The third-order valence-corrected chi connectivity index (χ3v) is 4.42. The molecular weight excluding hydrogens is 246 g/mol. The van der Waals surface area contributed by atoms with Crippen LogP contribution in [0, 0.1) is 5.92 Å². The van der Waals surface area contributed by atoms with Gasteiger partial charge < -0.3 is 10.1 Å². The van der Waals surface area contributed by atoms with Crippen LogP contribution < -0.4 is 10.1 Å². The molecule has 1 saturated carbocycles. The van der Waals surface area contributed by atoms with Gasteiger partial charge in [0.15, 0.2) is 0 Å². The third kappa shape index (κ3) is 4.24. The largest absolute Gasteiger partial charge is 0.492 e. The summed E-state index contributed by atoms with van der Waals surface area (Å²) >= 11 is 0. The average molecular weight is 275 g/mol. The summed E-state index contributed by atoms with van der Waals surface area (Å²) in [6.07, 6.45) is 5.47. The maximum Gasteiger partial charge on any atom is 0.122 e. The molecule has 112 valence electrons. The van der Waals surface area contributed by atoms with E-state index in [0.717, 1.165) is 24.8 Å². The van der Waals surface area contributed by atoms with Gasteiger partial charge in [-0.3, -0.25) is 0 Å². The van der Waals surface area contributed by atoms with Gasteiger partial charge in [0.1, 0.15) is 12.4 Å². The van der Waals surface area contributed by atoms with Crippen molar-refractivity contribution in [2.75, 3.05) is 13.2 Å². The summed E-state index contributed by atoms with van der Waals surface area (Å²) < 4.78 is 5.96. The zero-order valence-electron chi connectivity index (χ0n) is 13.2. The molecule has 1 aliphatic carbocycles. The van der Waals surface area contributed by atoms with E-state index in [9.17, 15) is 0 Å². The first kappa shape index (κ1) is 15.4. The molecule has 0 bridgehead atoms. The van der Waals surface area contributed by atoms with Crippen LogP contribution in [-0.2, 0) is 0 Å². The minimum absolute atomic E-state index is 0.512. The standard InChI is InChI=1S/C18H29NO/c1-14(2)16-9-5-7-11-18(16)20-13-12-19-17-10-6-4-8-15(17)3/h5,7,9,11,14-15,17,19H,4,6,8,10,12-13H2,1-3H3. The van der Waals surface area contributed by atoms with Gasteiger partial charge in [-0.25, -0.2) is 0 Å². The maximum atomic E-state index is 5.96. The predicted molar refractivity (Wildman–Crippen MR) is 85.4 cm³/mol. The second-order valence-corrected chi connectivity index (χ2v) is 6.36. The molecule has 1 N–H and O–H groups in total. The minimum atomic E-state index is 0.512. The Labute approximate surface area is 123 Å². The van der Waals surface area contributed by atoms with E-state index in [1.807, 2.05) is 0 Å². The Morgan fingerprint density at radius 2 is 1.95 bits per heavy atom. The van der Waals surface area contributed by atoms with Crippen molar-refractivity contribution in [1.29, 1.82) is 0 Å². The summed E-state index contributed by atoms with van der Waals surface area (Å²) in [5.41, 5.74) is 1.30. The number of para-hydroxylation sites is 1. The zero-order valence-corrected chi connectivity index (χ0v) is 13.2. The van der Waals surface area contributed by atoms with Crippen molar-refractivity contribution in [3.05, 3.63) is 29.8 Å². The van der Waals surface area contributed by atoms with Gasteiger partial charge in [-0.1, -0.05) is 51.8 Å². The van der Waals surface area contributed by atoms with Gasteiger partial charge in [0.05, 0.1) is 0 Å².